The second kappa shape index (κ2) is 5.89. The van der Waals surface area contributed by atoms with E-state index in [2.05, 4.69) is 15.5 Å². The van der Waals surface area contributed by atoms with E-state index in [-0.39, 0.29) is 25.1 Å². The Bertz CT molecular complexity index is 687. The highest BCUT2D eigenvalue weighted by Crippen LogP contribution is 2.40. The van der Waals surface area contributed by atoms with Gasteiger partial charge in [0, 0.05) is 19.6 Å². The van der Waals surface area contributed by atoms with Gasteiger partial charge in [-0.2, -0.15) is 13.2 Å². The molecule has 1 fully saturated rings. The van der Waals surface area contributed by atoms with Crippen molar-refractivity contribution in [2.24, 2.45) is 7.05 Å². The monoisotopic (exact) mass is 327 g/mol. The molecule has 6 nitrogen and oxygen atoms in total. The van der Waals surface area contributed by atoms with E-state index in [1.165, 1.54) is 16.8 Å². The number of benzene rings is 1. The number of aliphatic hydroxyl groups is 1. The van der Waals surface area contributed by atoms with E-state index in [1.54, 1.807) is 18.0 Å². The van der Waals surface area contributed by atoms with Crippen LogP contribution in [0.5, 0.6) is 0 Å². The van der Waals surface area contributed by atoms with Crippen LogP contribution in [0.4, 0.5) is 13.2 Å². The summed E-state index contributed by atoms with van der Waals surface area (Å²) in [5, 5.41) is 21.1. The van der Waals surface area contributed by atoms with E-state index >= 15 is 0 Å². The van der Waals surface area contributed by atoms with Crippen LogP contribution in [-0.4, -0.2) is 42.9 Å². The highest BCUT2D eigenvalue weighted by atomic mass is 19.4. The second-order valence-corrected chi connectivity index (χ2v) is 5.64. The Morgan fingerprint density at radius 3 is 2.70 bits per heavy atom. The predicted molar refractivity (Wildman–Crippen MR) is 74.0 cm³/mol. The number of β-amino-alcohol motifs (C(OH)–C–C–N with tert-alkyl or cyclic N) is 1. The Morgan fingerprint density at radius 1 is 1.30 bits per heavy atom. The normalized spacial score (nSPS) is 22.7. The molecule has 3 rings (SSSR count). The fourth-order valence-corrected chi connectivity index (χ4v) is 2.99. The Hall–Kier alpha value is -2.00. The first-order valence-corrected chi connectivity index (χ1v) is 7.15. The van der Waals surface area contributed by atoms with Gasteiger partial charge in [0.05, 0.1) is 18.2 Å². The van der Waals surface area contributed by atoms with Gasteiger partial charge in [-0.1, -0.05) is 18.2 Å². The maximum Gasteiger partial charge on any atom is 0.416 e. The van der Waals surface area contributed by atoms with Gasteiger partial charge in [-0.15, -0.1) is 5.10 Å². The number of nitrogens with zero attached hydrogens (tertiary/aromatic N) is 5. The summed E-state index contributed by atoms with van der Waals surface area (Å²) >= 11 is 0. The van der Waals surface area contributed by atoms with E-state index in [9.17, 15) is 18.3 Å². The molecule has 23 heavy (non-hydrogen) atoms. The highest BCUT2D eigenvalue weighted by Gasteiger charge is 2.40. The van der Waals surface area contributed by atoms with Crippen LogP contribution in [0.1, 0.15) is 29.4 Å². The zero-order valence-corrected chi connectivity index (χ0v) is 12.4. The topological polar surface area (TPSA) is 67.1 Å². The summed E-state index contributed by atoms with van der Waals surface area (Å²) in [6.45, 7) is 0.557. The summed E-state index contributed by atoms with van der Waals surface area (Å²) in [7, 11) is 1.67. The number of aliphatic hydroxyl groups excluding tert-OH is 1. The predicted octanol–water partition coefficient (Wildman–Crippen LogP) is 1.54. The molecule has 0 spiro atoms. The van der Waals surface area contributed by atoms with Crippen LogP contribution < -0.4 is 0 Å². The van der Waals surface area contributed by atoms with Crippen LogP contribution in [0.3, 0.4) is 0 Å². The van der Waals surface area contributed by atoms with Gasteiger partial charge in [0.25, 0.3) is 0 Å². The van der Waals surface area contributed by atoms with E-state index in [0.717, 1.165) is 6.07 Å². The van der Waals surface area contributed by atoms with Gasteiger partial charge < -0.3 is 5.11 Å². The molecule has 0 unspecified atom stereocenters. The van der Waals surface area contributed by atoms with Crippen molar-refractivity contribution in [3.05, 3.63) is 41.2 Å². The average Bonchev–Trinajstić information content (AvgIpc) is 3.05. The molecule has 0 radical (unpaired) electrons. The molecule has 2 aromatic rings. The Kier molecular flexibility index (Phi) is 4.07. The van der Waals surface area contributed by atoms with Gasteiger partial charge in [0.2, 0.25) is 0 Å². The molecular formula is C14H16F3N5O. The fourth-order valence-electron chi connectivity index (χ4n) is 2.99. The summed E-state index contributed by atoms with van der Waals surface area (Å²) in [4.78, 5) is 1.78. The molecular weight excluding hydrogens is 311 g/mol. The smallest absolute Gasteiger partial charge is 0.392 e. The molecule has 0 bridgehead atoms. The van der Waals surface area contributed by atoms with Gasteiger partial charge in [0.15, 0.2) is 5.82 Å². The molecule has 1 saturated heterocycles. The van der Waals surface area contributed by atoms with E-state index in [0.29, 0.717) is 5.82 Å². The number of hydrogen-bond donors (Lipinski definition) is 1. The Labute approximate surface area is 130 Å². The maximum absolute atomic E-state index is 13.2. The second-order valence-electron chi connectivity index (χ2n) is 5.64. The van der Waals surface area contributed by atoms with Gasteiger partial charge in [-0.25, -0.2) is 4.68 Å². The lowest BCUT2D eigenvalue weighted by Gasteiger charge is -2.26. The summed E-state index contributed by atoms with van der Waals surface area (Å²) < 4.78 is 41.2. The molecule has 1 aliphatic rings. The molecule has 0 amide bonds. The standard InChI is InChI=1S/C14H16F3N5O/c1-21-13(18-19-20-21)8-22-7-9(23)6-12(22)10-4-2-3-5-11(10)14(15,16)17/h2-5,9,12,23H,6-8H2,1H3/t9-,12-/m1/s1. The first-order valence-electron chi connectivity index (χ1n) is 7.15. The Balaban J connectivity index is 1.93. The molecule has 1 aliphatic heterocycles. The van der Waals surface area contributed by atoms with Crippen LogP contribution in [0.25, 0.3) is 0 Å². The number of aryl methyl sites for hydroxylation is 1. The third-order valence-electron chi connectivity index (χ3n) is 4.06. The zero-order chi connectivity index (χ0) is 16.6. The maximum atomic E-state index is 13.2. The van der Waals surface area contributed by atoms with Gasteiger partial charge in [-0.3, -0.25) is 4.90 Å². The van der Waals surface area contributed by atoms with Crippen molar-refractivity contribution >= 4 is 0 Å². The van der Waals surface area contributed by atoms with Crippen molar-refractivity contribution in [2.75, 3.05) is 6.54 Å². The van der Waals surface area contributed by atoms with Gasteiger partial charge >= 0.3 is 6.18 Å². The highest BCUT2D eigenvalue weighted by molar-refractivity contribution is 5.33. The van der Waals surface area contributed by atoms with Crippen molar-refractivity contribution in [1.82, 2.24) is 25.1 Å². The molecule has 2 heterocycles. The van der Waals surface area contributed by atoms with Crippen molar-refractivity contribution in [3.63, 3.8) is 0 Å². The SMILES string of the molecule is Cn1nnnc1CN1C[C@H](O)C[C@@H]1c1ccccc1C(F)(F)F. The van der Waals surface area contributed by atoms with Crippen LogP contribution in [0.2, 0.25) is 0 Å². The van der Waals surface area contributed by atoms with E-state index < -0.39 is 23.9 Å². The minimum absolute atomic E-state index is 0.173. The number of alkyl halides is 3. The molecule has 124 valence electrons. The van der Waals surface area contributed by atoms with Crippen molar-refractivity contribution < 1.29 is 18.3 Å². The van der Waals surface area contributed by atoms with Crippen LogP contribution in [0.15, 0.2) is 24.3 Å². The number of likely N-dealkylation sites (tertiary alicyclic amines) is 1. The number of aromatic nitrogens is 4. The van der Waals surface area contributed by atoms with E-state index in [4.69, 9.17) is 0 Å². The lowest BCUT2D eigenvalue weighted by molar-refractivity contribution is -0.138. The van der Waals surface area contributed by atoms with Crippen LogP contribution in [-0.2, 0) is 19.8 Å². The molecule has 1 aromatic carbocycles. The van der Waals surface area contributed by atoms with E-state index in [1.807, 2.05) is 0 Å². The lowest BCUT2D eigenvalue weighted by Crippen LogP contribution is -2.27. The lowest BCUT2D eigenvalue weighted by atomic mass is 9.97. The minimum Gasteiger partial charge on any atom is -0.392 e. The zero-order valence-electron chi connectivity index (χ0n) is 12.4. The first-order chi connectivity index (χ1) is 10.9. The third-order valence-corrected chi connectivity index (χ3v) is 4.06. The van der Waals surface area contributed by atoms with Crippen LogP contribution >= 0.6 is 0 Å². The van der Waals surface area contributed by atoms with Crippen LogP contribution in [0, 0.1) is 0 Å². The van der Waals surface area contributed by atoms with Gasteiger partial charge in [0.1, 0.15) is 0 Å². The summed E-state index contributed by atoms with van der Waals surface area (Å²) in [5.41, 5.74) is -0.494. The fraction of sp³-hybridized carbons (Fsp3) is 0.500. The van der Waals surface area contributed by atoms with Crippen molar-refractivity contribution in [2.45, 2.75) is 31.3 Å². The summed E-state index contributed by atoms with van der Waals surface area (Å²) in [5.74, 6) is 0.536. The number of rotatable bonds is 3. The number of hydrogen-bond acceptors (Lipinski definition) is 5. The third kappa shape index (κ3) is 3.20. The Morgan fingerprint density at radius 2 is 2.04 bits per heavy atom. The number of halogens is 3. The minimum atomic E-state index is -4.43. The molecule has 1 N–H and O–H groups in total. The summed E-state index contributed by atoms with van der Waals surface area (Å²) in [6, 6.07) is 4.96. The molecule has 9 heteroatoms. The van der Waals surface area contributed by atoms with Crippen molar-refractivity contribution in [3.8, 4) is 0 Å². The summed E-state index contributed by atoms with van der Waals surface area (Å²) in [6.07, 6.45) is -4.86. The molecule has 0 aliphatic carbocycles. The quantitative estimate of drug-likeness (QED) is 0.926. The molecule has 0 saturated carbocycles. The van der Waals surface area contributed by atoms with Gasteiger partial charge in [-0.05, 0) is 28.5 Å². The first kappa shape index (κ1) is 15.9. The van der Waals surface area contributed by atoms with Crippen molar-refractivity contribution in [1.29, 1.82) is 0 Å². The molecule has 2 atom stereocenters. The number of tetrazole rings is 1. The molecule has 1 aromatic heterocycles. The largest absolute Gasteiger partial charge is 0.416 e. The average molecular weight is 327 g/mol.